The molecule has 0 heterocycles. The molecule has 0 amide bonds. The van der Waals surface area contributed by atoms with Gasteiger partial charge in [-0.3, -0.25) is 0 Å². The molecule has 17 heavy (non-hydrogen) atoms. The molecule has 0 spiro atoms. The Morgan fingerprint density at radius 1 is 1.24 bits per heavy atom. The Kier molecular flexibility index (Phi) is 4.31. The SMILES string of the molecule is CC(NC(C)C(C)(C)C)c1cccc(C#N)c1. The van der Waals surface area contributed by atoms with Crippen molar-refractivity contribution in [3.05, 3.63) is 35.4 Å². The fourth-order valence-corrected chi connectivity index (χ4v) is 1.60. The molecule has 2 atom stereocenters. The van der Waals surface area contributed by atoms with Crippen LogP contribution in [-0.2, 0) is 0 Å². The van der Waals surface area contributed by atoms with Gasteiger partial charge in [0.2, 0.25) is 0 Å². The zero-order valence-corrected chi connectivity index (χ0v) is 11.4. The minimum Gasteiger partial charge on any atom is -0.307 e. The zero-order chi connectivity index (χ0) is 13.1. The van der Waals surface area contributed by atoms with Crippen LogP contribution in [0.2, 0.25) is 0 Å². The summed E-state index contributed by atoms with van der Waals surface area (Å²) in [5.41, 5.74) is 2.13. The van der Waals surface area contributed by atoms with Gasteiger partial charge in [-0.1, -0.05) is 32.9 Å². The molecule has 1 aromatic carbocycles. The number of rotatable bonds is 3. The Hall–Kier alpha value is -1.33. The lowest BCUT2D eigenvalue weighted by Gasteiger charge is -2.31. The smallest absolute Gasteiger partial charge is 0.0991 e. The molecule has 2 nitrogen and oxygen atoms in total. The van der Waals surface area contributed by atoms with Gasteiger partial charge >= 0.3 is 0 Å². The molecule has 2 heteroatoms. The van der Waals surface area contributed by atoms with Gasteiger partial charge in [0, 0.05) is 12.1 Å². The maximum atomic E-state index is 8.88. The lowest BCUT2D eigenvalue weighted by Crippen LogP contribution is -2.39. The van der Waals surface area contributed by atoms with Crippen molar-refractivity contribution in [3.63, 3.8) is 0 Å². The van der Waals surface area contributed by atoms with Crippen LogP contribution in [0, 0.1) is 16.7 Å². The van der Waals surface area contributed by atoms with Crippen molar-refractivity contribution in [1.29, 1.82) is 5.26 Å². The summed E-state index contributed by atoms with van der Waals surface area (Å²) >= 11 is 0. The lowest BCUT2D eigenvalue weighted by molar-refractivity contribution is 0.268. The van der Waals surface area contributed by atoms with Crippen LogP contribution in [0.4, 0.5) is 0 Å². The maximum absolute atomic E-state index is 8.88. The van der Waals surface area contributed by atoms with Gasteiger partial charge in [-0.15, -0.1) is 0 Å². The van der Waals surface area contributed by atoms with E-state index in [0.29, 0.717) is 6.04 Å². The van der Waals surface area contributed by atoms with Crippen molar-refractivity contribution in [3.8, 4) is 6.07 Å². The van der Waals surface area contributed by atoms with Gasteiger partial charge in [-0.25, -0.2) is 0 Å². The van der Waals surface area contributed by atoms with Gasteiger partial charge in [0.15, 0.2) is 0 Å². The lowest BCUT2D eigenvalue weighted by atomic mass is 9.87. The van der Waals surface area contributed by atoms with E-state index in [1.54, 1.807) is 0 Å². The predicted molar refractivity (Wildman–Crippen MR) is 71.6 cm³/mol. The molecule has 0 bridgehead atoms. The maximum Gasteiger partial charge on any atom is 0.0991 e. The molecular formula is C15H22N2. The van der Waals surface area contributed by atoms with Gasteiger partial charge in [-0.2, -0.15) is 5.26 Å². The number of nitriles is 1. The van der Waals surface area contributed by atoms with Crippen LogP contribution in [0.5, 0.6) is 0 Å². The Morgan fingerprint density at radius 3 is 2.41 bits per heavy atom. The minimum absolute atomic E-state index is 0.237. The van der Waals surface area contributed by atoms with E-state index in [0.717, 1.165) is 5.56 Å². The second-order valence-electron chi connectivity index (χ2n) is 5.71. The number of hydrogen-bond donors (Lipinski definition) is 1. The Bertz CT molecular complexity index is 410. The first kappa shape index (κ1) is 13.7. The summed E-state index contributed by atoms with van der Waals surface area (Å²) in [6.07, 6.45) is 0. The standard InChI is InChI=1S/C15H22N2/c1-11(17-12(2)15(3,4)5)14-8-6-7-13(9-14)10-16/h6-9,11-12,17H,1-5H3. The third-order valence-corrected chi connectivity index (χ3v) is 3.31. The predicted octanol–water partition coefficient (Wildman–Crippen LogP) is 3.64. The van der Waals surface area contributed by atoms with Gasteiger partial charge in [0.05, 0.1) is 11.6 Å². The second kappa shape index (κ2) is 5.33. The highest BCUT2D eigenvalue weighted by Crippen LogP contribution is 2.22. The normalized spacial score (nSPS) is 15.1. The zero-order valence-electron chi connectivity index (χ0n) is 11.4. The first-order chi connectivity index (χ1) is 7.84. The molecule has 0 saturated carbocycles. The molecule has 1 aromatic rings. The van der Waals surface area contributed by atoms with Crippen LogP contribution >= 0.6 is 0 Å². The van der Waals surface area contributed by atoms with Crippen LogP contribution in [0.25, 0.3) is 0 Å². The molecule has 0 fully saturated rings. The highest BCUT2D eigenvalue weighted by atomic mass is 15.0. The van der Waals surface area contributed by atoms with Gasteiger partial charge in [-0.05, 0) is 37.0 Å². The van der Waals surface area contributed by atoms with E-state index in [2.05, 4.69) is 52.1 Å². The molecule has 0 aliphatic heterocycles. The summed E-state index contributed by atoms with van der Waals surface area (Å²) in [4.78, 5) is 0. The number of hydrogen-bond acceptors (Lipinski definition) is 2. The molecule has 92 valence electrons. The van der Waals surface area contributed by atoms with E-state index in [9.17, 15) is 0 Å². The number of benzene rings is 1. The van der Waals surface area contributed by atoms with Crippen LogP contribution in [0.3, 0.4) is 0 Å². The molecule has 1 rings (SSSR count). The topological polar surface area (TPSA) is 35.8 Å². The molecule has 0 aromatic heterocycles. The fourth-order valence-electron chi connectivity index (χ4n) is 1.60. The van der Waals surface area contributed by atoms with E-state index >= 15 is 0 Å². The van der Waals surface area contributed by atoms with Crippen LogP contribution in [-0.4, -0.2) is 6.04 Å². The van der Waals surface area contributed by atoms with Crippen molar-refractivity contribution in [2.24, 2.45) is 5.41 Å². The van der Waals surface area contributed by atoms with E-state index in [4.69, 9.17) is 5.26 Å². The first-order valence-corrected chi connectivity index (χ1v) is 6.10. The molecule has 0 radical (unpaired) electrons. The summed E-state index contributed by atoms with van der Waals surface area (Å²) in [7, 11) is 0. The van der Waals surface area contributed by atoms with E-state index < -0.39 is 0 Å². The highest BCUT2D eigenvalue weighted by molar-refractivity contribution is 5.34. The van der Waals surface area contributed by atoms with E-state index in [-0.39, 0.29) is 11.5 Å². The van der Waals surface area contributed by atoms with Crippen LogP contribution < -0.4 is 5.32 Å². The average Bonchev–Trinajstić information content (AvgIpc) is 2.27. The Balaban J connectivity index is 2.77. The third-order valence-electron chi connectivity index (χ3n) is 3.31. The minimum atomic E-state index is 0.237. The van der Waals surface area contributed by atoms with Gasteiger partial charge in [0.25, 0.3) is 0 Å². The van der Waals surface area contributed by atoms with Crippen molar-refractivity contribution < 1.29 is 0 Å². The van der Waals surface area contributed by atoms with Crippen molar-refractivity contribution >= 4 is 0 Å². The third kappa shape index (κ3) is 3.87. The molecule has 1 N–H and O–H groups in total. The molecular weight excluding hydrogens is 208 g/mol. The Morgan fingerprint density at radius 2 is 1.88 bits per heavy atom. The van der Waals surface area contributed by atoms with Crippen LogP contribution in [0.1, 0.15) is 51.8 Å². The average molecular weight is 230 g/mol. The van der Waals surface area contributed by atoms with Gasteiger partial charge < -0.3 is 5.32 Å². The van der Waals surface area contributed by atoms with Crippen molar-refractivity contribution in [1.82, 2.24) is 5.32 Å². The summed E-state index contributed by atoms with van der Waals surface area (Å²) in [5.74, 6) is 0. The summed E-state index contributed by atoms with van der Waals surface area (Å²) in [6.45, 7) is 11.0. The van der Waals surface area contributed by atoms with E-state index in [1.165, 1.54) is 5.56 Å². The molecule has 0 aliphatic carbocycles. The van der Waals surface area contributed by atoms with Crippen LogP contribution in [0.15, 0.2) is 24.3 Å². The summed E-state index contributed by atoms with van der Waals surface area (Å²) in [5, 5.41) is 12.5. The summed E-state index contributed by atoms with van der Waals surface area (Å²) in [6, 6.07) is 10.6. The fraction of sp³-hybridized carbons (Fsp3) is 0.533. The molecule has 2 unspecified atom stereocenters. The second-order valence-corrected chi connectivity index (χ2v) is 5.71. The molecule has 0 saturated heterocycles. The first-order valence-electron chi connectivity index (χ1n) is 6.10. The highest BCUT2D eigenvalue weighted by Gasteiger charge is 2.21. The van der Waals surface area contributed by atoms with E-state index in [1.807, 2.05) is 18.2 Å². The number of nitrogens with zero attached hydrogens (tertiary/aromatic N) is 1. The van der Waals surface area contributed by atoms with Gasteiger partial charge in [0.1, 0.15) is 0 Å². The summed E-state index contributed by atoms with van der Waals surface area (Å²) < 4.78 is 0. The number of nitrogens with one attached hydrogen (secondary N) is 1. The Labute approximate surface area is 105 Å². The van der Waals surface area contributed by atoms with Crippen molar-refractivity contribution in [2.75, 3.05) is 0 Å². The van der Waals surface area contributed by atoms with Crippen molar-refractivity contribution in [2.45, 2.75) is 46.7 Å². The largest absolute Gasteiger partial charge is 0.307 e. The monoisotopic (exact) mass is 230 g/mol. The molecule has 0 aliphatic rings. The quantitative estimate of drug-likeness (QED) is 0.860.